The summed E-state index contributed by atoms with van der Waals surface area (Å²) < 4.78 is 23.3. The summed E-state index contributed by atoms with van der Waals surface area (Å²) in [5.41, 5.74) is 3.66. The first-order chi connectivity index (χ1) is 20.5. The van der Waals surface area contributed by atoms with Crippen LogP contribution in [-0.2, 0) is 0 Å². The van der Waals surface area contributed by atoms with E-state index in [-0.39, 0.29) is 23.9 Å². The molecule has 0 aromatic heterocycles. The molecule has 2 fully saturated rings. The highest BCUT2D eigenvalue weighted by molar-refractivity contribution is 6.04. The van der Waals surface area contributed by atoms with E-state index >= 15 is 0 Å². The zero-order chi connectivity index (χ0) is 29.2. The van der Waals surface area contributed by atoms with Gasteiger partial charge in [0.25, 0.3) is 11.8 Å². The monoisotopic (exact) mass is 571 g/mol. The van der Waals surface area contributed by atoms with Crippen molar-refractivity contribution < 1.29 is 28.5 Å². The van der Waals surface area contributed by atoms with Crippen molar-refractivity contribution in [2.75, 3.05) is 40.5 Å². The maximum atomic E-state index is 13.2. The molecule has 2 aromatic carbocycles. The lowest BCUT2D eigenvalue weighted by Crippen LogP contribution is -2.35. The fourth-order valence-electron chi connectivity index (χ4n) is 6.14. The van der Waals surface area contributed by atoms with Crippen LogP contribution in [0.5, 0.6) is 23.0 Å². The molecule has 6 rings (SSSR count). The number of ether oxygens (including phenoxy) is 4. The summed E-state index contributed by atoms with van der Waals surface area (Å²) in [4.78, 5) is 34.6. The molecular formula is C33H37N3O6. The molecule has 0 aliphatic carbocycles. The highest BCUT2D eigenvalue weighted by atomic mass is 16.5. The fraction of sp³-hybridized carbons (Fsp3) is 0.424. The Morgan fingerprint density at radius 3 is 2.29 bits per heavy atom. The summed E-state index contributed by atoms with van der Waals surface area (Å²) in [6, 6.07) is 7.34. The van der Waals surface area contributed by atoms with Gasteiger partial charge in [0.2, 0.25) is 0 Å². The molecule has 2 amide bonds. The van der Waals surface area contributed by atoms with Crippen LogP contribution >= 0.6 is 0 Å². The van der Waals surface area contributed by atoms with E-state index in [0.717, 1.165) is 56.2 Å². The molecule has 2 saturated heterocycles. The molecule has 0 saturated carbocycles. The molecule has 4 heterocycles. The molecule has 42 heavy (non-hydrogen) atoms. The van der Waals surface area contributed by atoms with Crippen LogP contribution < -0.4 is 18.9 Å². The van der Waals surface area contributed by atoms with Crippen LogP contribution in [0.25, 0.3) is 6.08 Å². The molecule has 9 nitrogen and oxygen atoms in total. The van der Waals surface area contributed by atoms with Crippen LogP contribution in [0.3, 0.4) is 0 Å². The number of carbonyl (C=O) groups excluding carboxylic acids is 2. The van der Waals surface area contributed by atoms with Crippen LogP contribution in [0.2, 0.25) is 0 Å². The predicted octanol–water partition coefficient (Wildman–Crippen LogP) is 5.45. The largest absolute Gasteiger partial charge is 0.493 e. The maximum Gasteiger partial charge on any atom is 0.257 e. The summed E-state index contributed by atoms with van der Waals surface area (Å²) in [7, 11) is 3.17. The van der Waals surface area contributed by atoms with Gasteiger partial charge in [-0.2, -0.15) is 0 Å². The Balaban J connectivity index is 1.02. The number of hydrogen-bond donors (Lipinski definition) is 0. The van der Waals surface area contributed by atoms with E-state index in [1.807, 2.05) is 23.3 Å². The number of carbonyl (C=O) groups is 2. The van der Waals surface area contributed by atoms with E-state index < -0.39 is 0 Å². The molecule has 2 aromatic rings. The van der Waals surface area contributed by atoms with Gasteiger partial charge in [-0.1, -0.05) is 24.3 Å². The van der Waals surface area contributed by atoms with Gasteiger partial charge < -0.3 is 28.7 Å². The molecule has 2 atom stereocenters. The average molecular weight is 572 g/mol. The van der Waals surface area contributed by atoms with E-state index in [1.165, 1.54) is 0 Å². The van der Waals surface area contributed by atoms with Gasteiger partial charge in [-0.05, 0) is 62.3 Å². The predicted molar refractivity (Wildman–Crippen MR) is 161 cm³/mol. The summed E-state index contributed by atoms with van der Waals surface area (Å²) in [5, 5.41) is 0. The highest BCUT2D eigenvalue weighted by Gasteiger charge is 2.34. The number of rotatable bonds is 10. The minimum absolute atomic E-state index is 0.0542. The number of benzene rings is 2. The molecule has 9 heteroatoms. The Bertz CT molecular complexity index is 1460. The van der Waals surface area contributed by atoms with Crippen LogP contribution in [0.4, 0.5) is 5.69 Å². The highest BCUT2D eigenvalue weighted by Crippen LogP contribution is 2.39. The molecule has 4 aliphatic heterocycles. The van der Waals surface area contributed by atoms with Gasteiger partial charge in [-0.3, -0.25) is 14.6 Å². The Kier molecular flexibility index (Phi) is 7.91. The molecule has 0 bridgehead atoms. The van der Waals surface area contributed by atoms with Crippen molar-refractivity contribution in [2.45, 2.75) is 50.6 Å². The molecule has 0 N–H and O–H groups in total. The van der Waals surface area contributed by atoms with Gasteiger partial charge >= 0.3 is 0 Å². The van der Waals surface area contributed by atoms with Crippen molar-refractivity contribution in [1.82, 2.24) is 9.80 Å². The second-order valence-corrected chi connectivity index (χ2v) is 11.2. The van der Waals surface area contributed by atoms with Crippen molar-refractivity contribution >= 4 is 29.8 Å². The van der Waals surface area contributed by atoms with Crippen LogP contribution in [-0.4, -0.2) is 80.4 Å². The Hall–Kier alpha value is -4.27. The molecule has 2 unspecified atom stereocenters. The Labute approximate surface area is 246 Å². The number of fused-ring (bicyclic) bond motifs is 4. The SMILES string of the molecule is C=C1CC2C=Nc3cc(OCCCCCOc4cc5c(cc4OC)C(=O)N4CCCC4C=C5)c(OC)cc3C(=O)N2C1. The topological polar surface area (TPSA) is 89.9 Å². The smallest absolute Gasteiger partial charge is 0.257 e. The normalized spacial score (nSPS) is 20.5. The standard InChI is InChI=1S/C33H37N3O6/c1-21-14-24-19-34-27-18-31(29(40-3)17-26(27)33(38)36(24)20-21)42-13-6-4-5-12-41-30-15-22-9-10-23-8-7-11-35(23)32(37)25(22)16-28(30)39-2/h9-10,15-19,23-24H,1,4-8,11-14,20H2,2-3H3. The average Bonchev–Trinajstić information content (AvgIpc) is 3.57. The second-order valence-electron chi connectivity index (χ2n) is 11.2. The second kappa shape index (κ2) is 11.9. The van der Waals surface area contributed by atoms with E-state index in [4.69, 9.17) is 18.9 Å². The first-order valence-corrected chi connectivity index (χ1v) is 14.7. The van der Waals surface area contributed by atoms with Gasteiger partial charge in [-0.25, -0.2) is 0 Å². The van der Waals surface area contributed by atoms with E-state index in [1.54, 1.807) is 37.3 Å². The van der Waals surface area contributed by atoms with Crippen molar-refractivity contribution in [3.63, 3.8) is 0 Å². The fourth-order valence-corrected chi connectivity index (χ4v) is 6.14. The van der Waals surface area contributed by atoms with Gasteiger partial charge in [-0.15, -0.1) is 0 Å². The summed E-state index contributed by atoms with van der Waals surface area (Å²) in [5.74, 6) is 2.28. The number of hydrogen-bond acceptors (Lipinski definition) is 7. The van der Waals surface area contributed by atoms with Crippen LogP contribution in [0.15, 0.2) is 47.5 Å². The number of aliphatic imine (C=N–C) groups is 1. The van der Waals surface area contributed by atoms with Gasteiger partial charge in [0, 0.05) is 25.4 Å². The van der Waals surface area contributed by atoms with E-state index in [2.05, 4.69) is 17.6 Å². The van der Waals surface area contributed by atoms with Crippen LogP contribution in [0.1, 0.15) is 64.8 Å². The molecule has 4 aliphatic rings. The van der Waals surface area contributed by atoms with Crippen molar-refractivity contribution in [3.05, 3.63) is 59.2 Å². The Morgan fingerprint density at radius 2 is 1.55 bits per heavy atom. The molecule has 0 spiro atoms. The maximum absolute atomic E-state index is 13.2. The van der Waals surface area contributed by atoms with E-state index in [9.17, 15) is 9.59 Å². The Morgan fingerprint density at radius 1 is 0.857 bits per heavy atom. The lowest BCUT2D eigenvalue weighted by Gasteiger charge is -2.21. The quantitative estimate of drug-likeness (QED) is 0.278. The number of amides is 2. The zero-order valence-corrected chi connectivity index (χ0v) is 24.3. The lowest BCUT2D eigenvalue weighted by molar-refractivity contribution is 0.0760. The number of unbranched alkanes of at least 4 members (excludes halogenated alkanes) is 2. The van der Waals surface area contributed by atoms with Gasteiger partial charge in [0.05, 0.1) is 56.3 Å². The van der Waals surface area contributed by atoms with Crippen molar-refractivity contribution in [2.24, 2.45) is 4.99 Å². The summed E-state index contributed by atoms with van der Waals surface area (Å²) in [6.45, 7) is 6.39. The number of methoxy groups -OCH3 is 2. The zero-order valence-electron chi connectivity index (χ0n) is 24.3. The van der Waals surface area contributed by atoms with Gasteiger partial charge in [0.1, 0.15) is 0 Å². The van der Waals surface area contributed by atoms with Crippen molar-refractivity contribution in [1.29, 1.82) is 0 Å². The molecule has 220 valence electrons. The number of nitrogens with zero attached hydrogens (tertiary/aromatic N) is 3. The summed E-state index contributed by atoms with van der Waals surface area (Å²) >= 11 is 0. The first kappa shape index (κ1) is 27.9. The van der Waals surface area contributed by atoms with Gasteiger partial charge in [0.15, 0.2) is 23.0 Å². The minimum atomic E-state index is -0.0647. The first-order valence-electron chi connectivity index (χ1n) is 14.7. The third kappa shape index (κ3) is 5.35. The minimum Gasteiger partial charge on any atom is -0.493 e. The van der Waals surface area contributed by atoms with Crippen molar-refractivity contribution in [3.8, 4) is 23.0 Å². The molecular weight excluding hydrogens is 534 g/mol. The third-order valence-corrected chi connectivity index (χ3v) is 8.38. The van der Waals surface area contributed by atoms with Crippen LogP contribution in [0, 0.1) is 0 Å². The van der Waals surface area contributed by atoms with E-state index in [0.29, 0.717) is 59.6 Å². The third-order valence-electron chi connectivity index (χ3n) is 8.38. The lowest BCUT2D eigenvalue weighted by atomic mass is 10.1. The summed E-state index contributed by atoms with van der Waals surface area (Å²) in [6.07, 6.45) is 11.3. The molecule has 0 radical (unpaired) electrons.